The maximum atomic E-state index is 12.7. The SMILES string of the molecule is C=C(C)COc1ccc(C(CC(=O)OC)c2c(O)c3ccccc3oc2=O)cc1. The topological polar surface area (TPSA) is 86.0 Å². The molecule has 150 valence electrons. The molecule has 1 aromatic heterocycles. The van der Waals surface area contributed by atoms with Gasteiger partial charge in [0, 0.05) is 5.92 Å². The van der Waals surface area contributed by atoms with E-state index in [4.69, 9.17) is 13.9 Å². The van der Waals surface area contributed by atoms with Crippen LogP contribution in [0.15, 0.2) is 69.9 Å². The fraction of sp³-hybridized carbons (Fsp3) is 0.217. The second-order valence-corrected chi connectivity index (χ2v) is 6.80. The standard InChI is InChI=1S/C23H22O6/c1-14(2)13-28-16-10-8-15(9-11-16)18(12-20(24)27-3)21-22(25)17-6-4-5-7-19(17)29-23(21)26/h4-11,18,25H,1,12-13H2,2-3H3. The number of hydrogen-bond acceptors (Lipinski definition) is 6. The number of fused-ring (bicyclic) bond motifs is 1. The molecule has 3 rings (SSSR count). The first-order chi connectivity index (χ1) is 13.9. The number of ether oxygens (including phenoxy) is 2. The van der Waals surface area contributed by atoms with Crippen molar-refractivity contribution in [1.82, 2.24) is 0 Å². The van der Waals surface area contributed by atoms with Gasteiger partial charge in [0.05, 0.1) is 24.5 Å². The van der Waals surface area contributed by atoms with E-state index in [0.717, 1.165) is 5.57 Å². The highest BCUT2D eigenvalue weighted by Gasteiger charge is 2.27. The molecule has 0 aliphatic rings. The molecule has 0 aliphatic heterocycles. The van der Waals surface area contributed by atoms with Crippen LogP contribution in [0.5, 0.6) is 11.5 Å². The Bertz CT molecular complexity index is 1090. The molecule has 0 saturated carbocycles. The number of carbonyl (C=O) groups is 1. The number of rotatable bonds is 7. The lowest BCUT2D eigenvalue weighted by atomic mass is 9.88. The summed E-state index contributed by atoms with van der Waals surface area (Å²) in [7, 11) is 1.27. The number of aromatic hydroxyl groups is 1. The van der Waals surface area contributed by atoms with E-state index in [1.807, 2.05) is 6.92 Å². The molecule has 1 N–H and O–H groups in total. The summed E-state index contributed by atoms with van der Waals surface area (Å²) in [5.41, 5.74) is 1.13. The van der Waals surface area contributed by atoms with Gasteiger partial charge in [0.25, 0.3) is 0 Å². The van der Waals surface area contributed by atoms with Crippen LogP contribution in [0.2, 0.25) is 0 Å². The van der Waals surface area contributed by atoms with Crippen molar-refractivity contribution in [3.63, 3.8) is 0 Å². The summed E-state index contributed by atoms with van der Waals surface area (Å²) in [5.74, 6) is -0.820. The predicted molar refractivity (Wildman–Crippen MR) is 109 cm³/mol. The number of para-hydroxylation sites is 1. The quantitative estimate of drug-likeness (QED) is 0.368. The van der Waals surface area contributed by atoms with Crippen LogP contribution in [-0.2, 0) is 9.53 Å². The summed E-state index contributed by atoms with van der Waals surface area (Å²) >= 11 is 0. The normalized spacial score (nSPS) is 11.8. The molecule has 0 fully saturated rings. The van der Waals surface area contributed by atoms with E-state index in [1.54, 1.807) is 48.5 Å². The molecule has 0 radical (unpaired) electrons. The minimum atomic E-state index is -0.738. The van der Waals surface area contributed by atoms with Gasteiger partial charge < -0.3 is 19.0 Å². The molecule has 0 aliphatic carbocycles. The molecule has 6 nitrogen and oxygen atoms in total. The van der Waals surface area contributed by atoms with Gasteiger partial charge in [-0.05, 0) is 42.3 Å². The summed E-state index contributed by atoms with van der Waals surface area (Å²) in [5, 5.41) is 11.2. The first-order valence-corrected chi connectivity index (χ1v) is 9.09. The smallest absolute Gasteiger partial charge is 0.343 e. The summed E-state index contributed by atoms with van der Waals surface area (Å²) in [4.78, 5) is 24.7. The van der Waals surface area contributed by atoms with Crippen LogP contribution in [0.1, 0.15) is 30.4 Å². The Labute approximate surface area is 168 Å². The second kappa shape index (κ2) is 8.65. The van der Waals surface area contributed by atoms with Gasteiger partial charge in [0.2, 0.25) is 0 Å². The molecular weight excluding hydrogens is 372 g/mol. The van der Waals surface area contributed by atoms with E-state index in [2.05, 4.69) is 6.58 Å². The van der Waals surface area contributed by atoms with E-state index in [-0.39, 0.29) is 23.3 Å². The zero-order valence-electron chi connectivity index (χ0n) is 16.3. The summed E-state index contributed by atoms with van der Waals surface area (Å²) in [6.07, 6.45) is -0.126. The van der Waals surface area contributed by atoms with Crippen molar-refractivity contribution >= 4 is 16.9 Å². The van der Waals surface area contributed by atoms with E-state index < -0.39 is 17.5 Å². The summed E-state index contributed by atoms with van der Waals surface area (Å²) < 4.78 is 15.8. The molecule has 0 bridgehead atoms. The monoisotopic (exact) mass is 394 g/mol. The van der Waals surface area contributed by atoms with Crippen molar-refractivity contribution in [3.05, 3.63) is 82.2 Å². The molecular formula is C23H22O6. The molecule has 0 spiro atoms. The Morgan fingerprint density at radius 2 is 1.86 bits per heavy atom. The van der Waals surface area contributed by atoms with Gasteiger partial charge in [0.15, 0.2) is 0 Å². The van der Waals surface area contributed by atoms with E-state index in [9.17, 15) is 14.7 Å². The van der Waals surface area contributed by atoms with Crippen LogP contribution < -0.4 is 10.4 Å². The Kier molecular flexibility index (Phi) is 6.02. The lowest BCUT2D eigenvalue weighted by molar-refractivity contribution is -0.140. The molecule has 1 heterocycles. The van der Waals surface area contributed by atoms with Crippen molar-refractivity contribution in [2.75, 3.05) is 13.7 Å². The van der Waals surface area contributed by atoms with E-state index >= 15 is 0 Å². The molecule has 6 heteroatoms. The molecule has 1 unspecified atom stereocenters. The van der Waals surface area contributed by atoms with Gasteiger partial charge in [0.1, 0.15) is 23.7 Å². The van der Waals surface area contributed by atoms with Crippen LogP contribution in [0, 0.1) is 0 Å². The second-order valence-electron chi connectivity index (χ2n) is 6.80. The average Bonchev–Trinajstić information content (AvgIpc) is 2.71. The average molecular weight is 394 g/mol. The number of benzene rings is 2. The van der Waals surface area contributed by atoms with Gasteiger partial charge in [-0.2, -0.15) is 0 Å². The Balaban J connectivity index is 2.07. The van der Waals surface area contributed by atoms with Crippen LogP contribution in [-0.4, -0.2) is 24.8 Å². The highest BCUT2D eigenvalue weighted by molar-refractivity contribution is 5.84. The van der Waals surface area contributed by atoms with Crippen molar-refractivity contribution in [1.29, 1.82) is 0 Å². The molecule has 29 heavy (non-hydrogen) atoms. The number of hydrogen-bond donors (Lipinski definition) is 1. The van der Waals surface area contributed by atoms with Gasteiger partial charge in [-0.1, -0.05) is 30.8 Å². The van der Waals surface area contributed by atoms with Crippen molar-refractivity contribution < 1.29 is 23.8 Å². The number of carbonyl (C=O) groups excluding carboxylic acids is 1. The zero-order chi connectivity index (χ0) is 21.0. The van der Waals surface area contributed by atoms with Crippen LogP contribution >= 0.6 is 0 Å². The maximum absolute atomic E-state index is 12.7. The highest BCUT2D eigenvalue weighted by Crippen LogP contribution is 2.36. The Morgan fingerprint density at radius 1 is 1.17 bits per heavy atom. The first kappa shape index (κ1) is 20.2. The van der Waals surface area contributed by atoms with Crippen LogP contribution in [0.25, 0.3) is 11.0 Å². The third-order valence-electron chi connectivity index (χ3n) is 4.53. The zero-order valence-corrected chi connectivity index (χ0v) is 16.3. The minimum absolute atomic E-state index is 0.0182. The minimum Gasteiger partial charge on any atom is -0.507 e. The van der Waals surface area contributed by atoms with Gasteiger partial charge in [-0.25, -0.2) is 4.79 Å². The van der Waals surface area contributed by atoms with Crippen molar-refractivity contribution in [2.45, 2.75) is 19.3 Å². The largest absolute Gasteiger partial charge is 0.507 e. The lowest BCUT2D eigenvalue weighted by Gasteiger charge is -2.18. The van der Waals surface area contributed by atoms with Gasteiger partial charge in [-0.15, -0.1) is 0 Å². The number of esters is 1. The Hall–Kier alpha value is -3.54. The summed E-state index contributed by atoms with van der Waals surface area (Å²) in [6, 6.07) is 13.7. The van der Waals surface area contributed by atoms with Crippen LogP contribution in [0.3, 0.4) is 0 Å². The lowest BCUT2D eigenvalue weighted by Crippen LogP contribution is -2.18. The number of methoxy groups -OCH3 is 1. The Morgan fingerprint density at radius 3 is 2.52 bits per heavy atom. The van der Waals surface area contributed by atoms with Gasteiger partial charge >= 0.3 is 11.6 Å². The predicted octanol–water partition coefficient (Wildman–Crippen LogP) is 4.15. The molecule has 3 aromatic rings. The third-order valence-corrected chi connectivity index (χ3v) is 4.53. The van der Waals surface area contributed by atoms with Crippen molar-refractivity contribution in [3.8, 4) is 11.5 Å². The highest BCUT2D eigenvalue weighted by atomic mass is 16.5. The van der Waals surface area contributed by atoms with Crippen LogP contribution in [0.4, 0.5) is 0 Å². The molecule has 0 amide bonds. The summed E-state index contributed by atoms with van der Waals surface area (Å²) in [6.45, 7) is 6.05. The van der Waals surface area contributed by atoms with E-state index in [0.29, 0.717) is 23.3 Å². The molecule has 1 atom stereocenters. The fourth-order valence-electron chi connectivity index (χ4n) is 3.09. The molecule has 0 saturated heterocycles. The fourth-order valence-corrected chi connectivity index (χ4v) is 3.09. The van der Waals surface area contributed by atoms with E-state index in [1.165, 1.54) is 7.11 Å². The molecule has 2 aromatic carbocycles. The maximum Gasteiger partial charge on any atom is 0.343 e. The van der Waals surface area contributed by atoms with Gasteiger partial charge in [-0.3, -0.25) is 4.79 Å². The van der Waals surface area contributed by atoms with Crippen molar-refractivity contribution in [2.24, 2.45) is 0 Å². The first-order valence-electron chi connectivity index (χ1n) is 9.09. The third kappa shape index (κ3) is 4.48.